The summed E-state index contributed by atoms with van der Waals surface area (Å²) in [7, 11) is 1.77. The highest BCUT2D eigenvalue weighted by atomic mass is 16.5. The summed E-state index contributed by atoms with van der Waals surface area (Å²) >= 11 is 0. The van der Waals surface area contributed by atoms with Crippen molar-refractivity contribution in [3.05, 3.63) is 23.9 Å². The molecule has 2 rings (SSSR count). The van der Waals surface area contributed by atoms with Crippen molar-refractivity contribution in [2.45, 2.75) is 6.10 Å². The Morgan fingerprint density at radius 2 is 2.50 bits per heavy atom. The van der Waals surface area contributed by atoms with Gasteiger partial charge in [-0.2, -0.15) is 5.26 Å². The van der Waals surface area contributed by atoms with Gasteiger partial charge >= 0.3 is 0 Å². The van der Waals surface area contributed by atoms with E-state index in [0.29, 0.717) is 31.1 Å². The Labute approximate surface area is 105 Å². The number of morpholine rings is 1. The highest BCUT2D eigenvalue weighted by molar-refractivity contribution is 5.94. The summed E-state index contributed by atoms with van der Waals surface area (Å²) in [4.78, 5) is 17.9. The molecule has 0 radical (unpaired) electrons. The van der Waals surface area contributed by atoms with E-state index < -0.39 is 6.10 Å². The minimum absolute atomic E-state index is 0.117. The summed E-state index contributed by atoms with van der Waals surface area (Å²) in [5.74, 6) is 0.595. The Hall–Kier alpha value is -2.13. The number of carbonyl (C=O) groups excluding carboxylic acids is 1. The van der Waals surface area contributed by atoms with E-state index in [1.165, 1.54) is 6.20 Å². The number of aromatic nitrogens is 1. The van der Waals surface area contributed by atoms with E-state index in [2.05, 4.69) is 10.3 Å². The second-order valence-corrected chi connectivity index (χ2v) is 3.92. The zero-order valence-electron chi connectivity index (χ0n) is 10.1. The number of anilines is 1. The monoisotopic (exact) mass is 246 g/mol. The van der Waals surface area contributed by atoms with Crippen molar-refractivity contribution in [2.24, 2.45) is 0 Å². The predicted molar refractivity (Wildman–Crippen MR) is 65.0 cm³/mol. The van der Waals surface area contributed by atoms with Gasteiger partial charge in [-0.1, -0.05) is 0 Å². The second kappa shape index (κ2) is 5.47. The van der Waals surface area contributed by atoms with Crippen LogP contribution in [0.25, 0.3) is 0 Å². The number of nitriles is 1. The number of ether oxygens (including phenoxy) is 1. The van der Waals surface area contributed by atoms with E-state index in [4.69, 9.17) is 10.00 Å². The molecule has 0 aromatic carbocycles. The van der Waals surface area contributed by atoms with Crippen LogP contribution in [-0.2, 0) is 4.74 Å². The zero-order chi connectivity index (χ0) is 13.0. The molecule has 6 heteroatoms. The molecule has 1 aromatic rings. The summed E-state index contributed by atoms with van der Waals surface area (Å²) in [5.41, 5.74) is 0.521. The van der Waals surface area contributed by atoms with E-state index in [9.17, 15) is 4.79 Å². The quantitative estimate of drug-likeness (QED) is 0.821. The van der Waals surface area contributed by atoms with E-state index in [1.807, 2.05) is 6.07 Å². The number of hydrogen-bond donors (Lipinski definition) is 1. The summed E-state index contributed by atoms with van der Waals surface area (Å²) in [6.07, 6.45) is 0.998. The Kier molecular flexibility index (Phi) is 3.75. The Bertz CT molecular complexity index is 466. The van der Waals surface area contributed by atoms with Crippen molar-refractivity contribution < 1.29 is 9.53 Å². The average Bonchev–Trinajstić information content (AvgIpc) is 2.46. The van der Waals surface area contributed by atoms with Gasteiger partial charge in [-0.3, -0.25) is 4.79 Å². The third-order valence-corrected chi connectivity index (χ3v) is 2.76. The molecule has 0 bridgehead atoms. The van der Waals surface area contributed by atoms with Gasteiger partial charge in [0.1, 0.15) is 5.82 Å². The van der Waals surface area contributed by atoms with Crippen LogP contribution < -0.4 is 5.32 Å². The molecule has 1 aromatic heterocycles. The minimum atomic E-state index is -0.535. The molecule has 94 valence electrons. The lowest BCUT2D eigenvalue weighted by atomic mass is 10.2. The predicted octanol–water partition coefficient (Wildman–Crippen LogP) is 0.488. The fraction of sp³-hybridized carbons (Fsp3) is 0.417. The number of hydrogen-bond acceptors (Lipinski definition) is 5. The van der Waals surface area contributed by atoms with Gasteiger partial charge < -0.3 is 15.0 Å². The van der Waals surface area contributed by atoms with Crippen molar-refractivity contribution in [1.29, 1.82) is 5.26 Å². The van der Waals surface area contributed by atoms with Gasteiger partial charge in [0.15, 0.2) is 6.10 Å². The SMILES string of the molecule is CNc1ccc(C(=O)N2CCOC(C#N)C2)cn1. The van der Waals surface area contributed by atoms with Crippen LogP contribution in [0, 0.1) is 11.3 Å². The van der Waals surface area contributed by atoms with Crippen LogP contribution in [0.3, 0.4) is 0 Å². The van der Waals surface area contributed by atoms with Crippen molar-refractivity contribution in [1.82, 2.24) is 9.88 Å². The molecule has 1 saturated heterocycles. The number of nitrogens with one attached hydrogen (secondary N) is 1. The van der Waals surface area contributed by atoms with Crippen LogP contribution in [-0.4, -0.2) is 48.6 Å². The third kappa shape index (κ3) is 2.57. The first-order valence-electron chi connectivity index (χ1n) is 5.69. The molecule has 0 aliphatic carbocycles. The molecule has 1 amide bonds. The van der Waals surface area contributed by atoms with Crippen molar-refractivity contribution >= 4 is 11.7 Å². The van der Waals surface area contributed by atoms with Crippen LogP contribution in [0.1, 0.15) is 10.4 Å². The highest BCUT2D eigenvalue weighted by Gasteiger charge is 2.24. The summed E-state index contributed by atoms with van der Waals surface area (Å²) < 4.78 is 5.20. The molecular weight excluding hydrogens is 232 g/mol. The van der Waals surface area contributed by atoms with Crippen LogP contribution in [0.2, 0.25) is 0 Å². The molecule has 1 atom stereocenters. The number of amides is 1. The summed E-state index contributed by atoms with van der Waals surface area (Å²) in [6, 6.07) is 5.48. The number of carbonyl (C=O) groups is 1. The first kappa shape index (κ1) is 12.3. The van der Waals surface area contributed by atoms with E-state index in [0.717, 1.165) is 0 Å². The number of nitrogens with zero attached hydrogens (tertiary/aromatic N) is 3. The minimum Gasteiger partial charge on any atom is -0.373 e. The molecule has 1 N–H and O–H groups in total. The van der Waals surface area contributed by atoms with Gasteiger partial charge in [0.05, 0.1) is 24.8 Å². The van der Waals surface area contributed by atoms with Gasteiger partial charge in [-0.25, -0.2) is 4.98 Å². The first-order valence-corrected chi connectivity index (χ1v) is 5.69. The van der Waals surface area contributed by atoms with Crippen LogP contribution in [0.5, 0.6) is 0 Å². The maximum Gasteiger partial charge on any atom is 0.255 e. The molecule has 2 heterocycles. The lowest BCUT2D eigenvalue weighted by Gasteiger charge is -2.29. The summed E-state index contributed by atoms with van der Waals surface area (Å²) in [5, 5.41) is 11.7. The molecule has 1 aliphatic rings. The molecule has 1 aliphatic heterocycles. The Morgan fingerprint density at radius 1 is 1.67 bits per heavy atom. The third-order valence-electron chi connectivity index (χ3n) is 2.76. The lowest BCUT2D eigenvalue weighted by Crippen LogP contribution is -2.45. The molecule has 6 nitrogen and oxygen atoms in total. The highest BCUT2D eigenvalue weighted by Crippen LogP contribution is 2.11. The number of rotatable bonds is 2. The zero-order valence-corrected chi connectivity index (χ0v) is 10.1. The molecule has 0 spiro atoms. The van der Waals surface area contributed by atoms with E-state index in [1.54, 1.807) is 24.1 Å². The van der Waals surface area contributed by atoms with Crippen molar-refractivity contribution in [3.8, 4) is 6.07 Å². The first-order chi connectivity index (χ1) is 8.74. The summed E-state index contributed by atoms with van der Waals surface area (Å²) in [6.45, 7) is 1.21. The maximum atomic E-state index is 12.2. The van der Waals surface area contributed by atoms with Crippen molar-refractivity contribution in [3.63, 3.8) is 0 Å². The molecule has 18 heavy (non-hydrogen) atoms. The van der Waals surface area contributed by atoms with Gasteiger partial charge in [-0.05, 0) is 12.1 Å². The Morgan fingerprint density at radius 3 is 3.11 bits per heavy atom. The maximum absolute atomic E-state index is 12.2. The Balaban J connectivity index is 2.08. The molecule has 1 unspecified atom stereocenters. The van der Waals surface area contributed by atoms with E-state index in [-0.39, 0.29) is 5.91 Å². The normalized spacial score (nSPS) is 19.1. The fourth-order valence-electron chi connectivity index (χ4n) is 1.76. The van der Waals surface area contributed by atoms with Gasteiger partial charge in [0.2, 0.25) is 0 Å². The van der Waals surface area contributed by atoms with Gasteiger partial charge in [0.25, 0.3) is 5.91 Å². The topological polar surface area (TPSA) is 78.3 Å². The van der Waals surface area contributed by atoms with Gasteiger partial charge in [0, 0.05) is 19.8 Å². The van der Waals surface area contributed by atoms with E-state index >= 15 is 0 Å². The smallest absolute Gasteiger partial charge is 0.255 e. The van der Waals surface area contributed by atoms with Crippen molar-refractivity contribution in [2.75, 3.05) is 32.1 Å². The fourth-order valence-corrected chi connectivity index (χ4v) is 1.76. The number of pyridine rings is 1. The standard InChI is InChI=1S/C12H14N4O2/c1-14-11-3-2-9(7-15-11)12(17)16-4-5-18-10(6-13)8-16/h2-3,7,10H,4-5,8H2,1H3,(H,14,15). The van der Waals surface area contributed by atoms with Crippen LogP contribution >= 0.6 is 0 Å². The molecular formula is C12H14N4O2. The molecule has 1 fully saturated rings. The van der Waals surface area contributed by atoms with Crippen LogP contribution in [0.4, 0.5) is 5.82 Å². The largest absolute Gasteiger partial charge is 0.373 e. The molecule has 0 saturated carbocycles. The second-order valence-electron chi connectivity index (χ2n) is 3.92. The van der Waals surface area contributed by atoms with Crippen LogP contribution in [0.15, 0.2) is 18.3 Å². The average molecular weight is 246 g/mol. The van der Waals surface area contributed by atoms with Gasteiger partial charge in [-0.15, -0.1) is 0 Å². The lowest BCUT2D eigenvalue weighted by molar-refractivity contribution is 0.00345.